The van der Waals surface area contributed by atoms with Crippen molar-refractivity contribution < 1.29 is 0 Å². The first kappa shape index (κ1) is 14.9. The Hall–Kier alpha value is -1.55. The average Bonchev–Trinajstić information content (AvgIpc) is 2.80. The van der Waals surface area contributed by atoms with Gasteiger partial charge in [0.15, 0.2) is 0 Å². The summed E-state index contributed by atoms with van der Waals surface area (Å²) in [6.45, 7) is 0.598. The highest BCUT2D eigenvalue weighted by molar-refractivity contribution is 6.30. The Morgan fingerprint density at radius 1 is 1.10 bits per heavy atom. The molecule has 0 aliphatic carbocycles. The summed E-state index contributed by atoms with van der Waals surface area (Å²) >= 11 is 6.02. The maximum Gasteiger partial charge on any atom is 0.108 e. The lowest BCUT2D eigenvalue weighted by Crippen LogP contribution is -2.03. The number of halogens is 2. The van der Waals surface area contributed by atoms with E-state index < -0.39 is 0 Å². The third-order valence-electron chi connectivity index (χ3n) is 3.07. The van der Waals surface area contributed by atoms with Crippen LogP contribution >= 0.6 is 24.0 Å². The van der Waals surface area contributed by atoms with Gasteiger partial charge < -0.3 is 10.7 Å². The van der Waals surface area contributed by atoms with E-state index in [-0.39, 0.29) is 12.4 Å². The molecule has 0 fully saturated rings. The smallest absolute Gasteiger partial charge is 0.108 e. The number of rotatable bonds is 3. The molecule has 0 saturated heterocycles. The molecule has 0 saturated carbocycles. The fourth-order valence-corrected chi connectivity index (χ4v) is 2.36. The minimum Gasteiger partial charge on any atom is -0.342 e. The Morgan fingerprint density at radius 2 is 1.90 bits per heavy atom. The first-order valence-corrected chi connectivity index (χ1v) is 6.59. The van der Waals surface area contributed by atoms with E-state index in [0.29, 0.717) is 6.54 Å². The number of aromatic amines is 1. The second kappa shape index (κ2) is 6.27. The van der Waals surface area contributed by atoms with E-state index >= 15 is 0 Å². The highest BCUT2D eigenvalue weighted by Gasteiger charge is 2.05. The van der Waals surface area contributed by atoms with Gasteiger partial charge in [0.1, 0.15) is 5.82 Å². The molecule has 104 valence electrons. The summed E-state index contributed by atoms with van der Waals surface area (Å²) in [6, 6.07) is 14.0. The molecule has 3 aromatic rings. The van der Waals surface area contributed by atoms with Crippen molar-refractivity contribution in [1.82, 2.24) is 9.97 Å². The summed E-state index contributed by atoms with van der Waals surface area (Å²) in [4.78, 5) is 7.79. The van der Waals surface area contributed by atoms with Crippen molar-refractivity contribution in [3.05, 3.63) is 53.3 Å². The van der Waals surface area contributed by atoms with E-state index in [0.717, 1.165) is 39.4 Å². The molecule has 3 nitrogen and oxygen atoms in total. The van der Waals surface area contributed by atoms with Crippen LogP contribution in [-0.2, 0) is 6.42 Å². The zero-order chi connectivity index (χ0) is 13.2. The molecule has 3 rings (SSSR count). The van der Waals surface area contributed by atoms with Crippen molar-refractivity contribution in [1.29, 1.82) is 0 Å². The van der Waals surface area contributed by atoms with E-state index in [1.807, 2.05) is 30.3 Å². The summed E-state index contributed by atoms with van der Waals surface area (Å²) in [5.41, 5.74) is 9.77. The molecule has 0 aliphatic heterocycles. The second-order valence-corrected chi connectivity index (χ2v) is 4.90. The minimum absolute atomic E-state index is 0. The van der Waals surface area contributed by atoms with Crippen LogP contribution in [0.15, 0.2) is 42.5 Å². The number of nitrogens with zero attached hydrogens (tertiary/aromatic N) is 1. The van der Waals surface area contributed by atoms with Gasteiger partial charge in [-0.2, -0.15) is 0 Å². The zero-order valence-electron chi connectivity index (χ0n) is 10.8. The lowest BCUT2D eigenvalue weighted by Gasteiger charge is -2.01. The Morgan fingerprint density at radius 3 is 2.65 bits per heavy atom. The first-order chi connectivity index (χ1) is 9.26. The largest absolute Gasteiger partial charge is 0.342 e. The van der Waals surface area contributed by atoms with Crippen LogP contribution in [0.2, 0.25) is 5.02 Å². The van der Waals surface area contributed by atoms with Crippen LogP contribution in [0.3, 0.4) is 0 Å². The predicted molar refractivity (Wildman–Crippen MR) is 86.5 cm³/mol. The first-order valence-electron chi connectivity index (χ1n) is 6.21. The topological polar surface area (TPSA) is 54.7 Å². The third-order valence-corrected chi connectivity index (χ3v) is 3.31. The predicted octanol–water partition coefficient (Wildman–Crippen LogP) is 3.81. The number of fused-ring (bicyclic) bond motifs is 1. The van der Waals surface area contributed by atoms with Crippen LogP contribution < -0.4 is 5.73 Å². The number of benzene rings is 2. The van der Waals surface area contributed by atoms with Gasteiger partial charge in [-0.3, -0.25) is 0 Å². The molecule has 0 aliphatic rings. The van der Waals surface area contributed by atoms with Gasteiger partial charge in [0.2, 0.25) is 0 Å². The summed E-state index contributed by atoms with van der Waals surface area (Å²) in [6.07, 6.45) is 0.765. The van der Waals surface area contributed by atoms with Crippen LogP contribution in [0.5, 0.6) is 0 Å². The minimum atomic E-state index is 0. The molecule has 0 radical (unpaired) electrons. The van der Waals surface area contributed by atoms with E-state index in [1.165, 1.54) is 0 Å². The van der Waals surface area contributed by atoms with Crippen LogP contribution in [0, 0.1) is 0 Å². The van der Waals surface area contributed by atoms with E-state index in [9.17, 15) is 0 Å². The molecule has 0 atom stereocenters. The van der Waals surface area contributed by atoms with Crippen molar-refractivity contribution in [2.75, 3.05) is 6.54 Å². The number of aromatic nitrogens is 2. The van der Waals surface area contributed by atoms with Crippen molar-refractivity contribution >= 4 is 35.0 Å². The Labute approximate surface area is 128 Å². The molecule has 0 spiro atoms. The number of hydrogen-bond acceptors (Lipinski definition) is 2. The number of nitrogens with one attached hydrogen (secondary N) is 1. The molecule has 1 aromatic heterocycles. The molecule has 1 heterocycles. The Bertz CT molecular complexity index is 722. The van der Waals surface area contributed by atoms with Gasteiger partial charge in [0, 0.05) is 11.4 Å². The van der Waals surface area contributed by atoms with Gasteiger partial charge in [-0.05, 0) is 41.9 Å². The SMILES string of the molecule is Cl.NCCc1nc2ccc(-c3cccc(Cl)c3)cc2[nH]1. The van der Waals surface area contributed by atoms with Crippen LogP contribution in [-0.4, -0.2) is 16.5 Å². The van der Waals surface area contributed by atoms with Crippen molar-refractivity contribution in [2.24, 2.45) is 5.73 Å². The van der Waals surface area contributed by atoms with Crippen LogP contribution in [0.1, 0.15) is 5.82 Å². The van der Waals surface area contributed by atoms with Crippen LogP contribution in [0.4, 0.5) is 0 Å². The zero-order valence-corrected chi connectivity index (χ0v) is 12.3. The fourth-order valence-electron chi connectivity index (χ4n) is 2.17. The standard InChI is InChI=1S/C15H14ClN3.ClH/c16-12-3-1-2-10(8-12)11-4-5-13-14(9-11)19-15(18-13)6-7-17;/h1-5,8-9H,6-7,17H2,(H,18,19);1H. The lowest BCUT2D eigenvalue weighted by molar-refractivity contribution is 0.900. The number of nitrogens with two attached hydrogens (primary N) is 1. The molecule has 20 heavy (non-hydrogen) atoms. The van der Waals surface area contributed by atoms with Crippen molar-refractivity contribution in [3.63, 3.8) is 0 Å². The molecule has 0 unspecified atom stereocenters. The second-order valence-electron chi connectivity index (χ2n) is 4.46. The van der Waals surface area contributed by atoms with Crippen molar-refractivity contribution in [3.8, 4) is 11.1 Å². The summed E-state index contributed by atoms with van der Waals surface area (Å²) in [7, 11) is 0. The summed E-state index contributed by atoms with van der Waals surface area (Å²) in [5, 5.41) is 0.742. The molecular formula is C15H15Cl2N3. The van der Waals surface area contributed by atoms with Gasteiger partial charge in [-0.15, -0.1) is 12.4 Å². The molecule has 0 bridgehead atoms. The number of hydrogen-bond donors (Lipinski definition) is 2. The monoisotopic (exact) mass is 307 g/mol. The molecule has 0 amide bonds. The molecule has 3 N–H and O–H groups in total. The highest BCUT2D eigenvalue weighted by Crippen LogP contribution is 2.25. The summed E-state index contributed by atoms with van der Waals surface area (Å²) in [5.74, 6) is 0.931. The Kier molecular flexibility index (Phi) is 4.65. The maximum absolute atomic E-state index is 6.02. The van der Waals surface area contributed by atoms with Gasteiger partial charge >= 0.3 is 0 Å². The number of imidazole rings is 1. The fraction of sp³-hybridized carbons (Fsp3) is 0.133. The molecular weight excluding hydrogens is 293 g/mol. The van der Waals surface area contributed by atoms with E-state index in [1.54, 1.807) is 0 Å². The maximum atomic E-state index is 6.02. The van der Waals surface area contributed by atoms with Crippen LogP contribution in [0.25, 0.3) is 22.2 Å². The Balaban J connectivity index is 0.00000147. The van der Waals surface area contributed by atoms with Gasteiger partial charge in [-0.1, -0.05) is 29.8 Å². The lowest BCUT2D eigenvalue weighted by atomic mass is 10.1. The van der Waals surface area contributed by atoms with E-state index in [2.05, 4.69) is 22.1 Å². The molecule has 2 aromatic carbocycles. The quantitative estimate of drug-likeness (QED) is 0.773. The number of H-pyrrole nitrogens is 1. The normalized spacial score (nSPS) is 10.5. The average molecular weight is 308 g/mol. The van der Waals surface area contributed by atoms with Gasteiger partial charge in [-0.25, -0.2) is 4.98 Å². The summed E-state index contributed by atoms with van der Waals surface area (Å²) < 4.78 is 0. The third kappa shape index (κ3) is 2.96. The highest BCUT2D eigenvalue weighted by atomic mass is 35.5. The van der Waals surface area contributed by atoms with Gasteiger partial charge in [0.25, 0.3) is 0 Å². The van der Waals surface area contributed by atoms with E-state index in [4.69, 9.17) is 17.3 Å². The van der Waals surface area contributed by atoms with Gasteiger partial charge in [0.05, 0.1) is 11.0 Å². The molecule has 5 heteroatoms. The van der Waals surface area contributed by atoms with Crippen molar-refractivity contribution in [2.45, 2.75) is 6.42 Å².